The molecule has 8 nitrogen and oxygen atoms in total. The van der Waals surface area contributed by atoms with Crippen molar-refractivity contribution in [1.29, 1.82) is 0 Å². The summed E-state index contributed by atoms with van der Waals surface area (Å²) in [7, 11) is 0. The summed E-state index contributed by atoms with van der Waals surface area (Å²) in [5.74, 6) is 1.08. The summed E-state index contributed by atoms with van der Waals surface area (Å²) in [4.78, 5) is 27.8. The quantitative estimate of drug-likeness (QED) is 0.724. The Morgan fingerprint density at radius 3 is 2.47 bits per heavy atom. The molecule has 2 heterocycles. The summed E-state index contributed by atoms with van der Waals surface area (Å²) in [6.45, 7) is 9.40. The van der Waals surface area contributed by atoms with Gasteiger partial charge in [0, 0.05) is 31.1 Å². The number of nitrogens with one attached hydrogen (secondary N) is 1. The molecule has 2 fully saturated rings. The normalized spacial score (nSPS) is 19.3. The molecule has 0 spiro atoms. The number of likely N-dealkylation sites (tertiary alicyclic amines) is 1. The maximum Gasteiger partial charge on any atom is 0.290 e. The fraction of sp³-hybridized carbons (Fsp3) is 0.545. The zero-order chi connectivity index (χ0) is 21.8. The molecule has 2 N–H and O–H groups in total. The van der Waals surface area contributed by atoms with Crippen molar-refractivity contribution >= 4 is 12.4 Å². The number of nitrogens with zero attached hydrogens (tertiary/aromatic N) is 3. The number of aryl methyl sites for hydroxylation is 1. The first-order chi connectivity index (χ1) is 14.3. The summed E-state index contributed by atoms with van der Waals surface area (Å²) in [5.41, 5.74) is 1.85. The molecule has 1 aromatic heterocycles. The predicted molar refractivity (Wildman–Crippen MR) is 112 cm³/mol. The van der Waals surface area contributed by atoms with Gasteiger partial charge in [-0.25, -0.2) is 0 Å². The molecule has 1 saturated heterocycles. The number of piperidine rings is 1. The van der Waals surface area contributed by atoms with Crippen molar-refractivity contribution in [3.63, 3.8) is 0 Å². The Morgan fingerprint density at radius 2 is 1.93 bits per heavy atom. The van der Waals surface area contributed by atoms with Gasteiger partial charge in [-0.2, -0.15) is 4.98 Å². The highest BCUT2D eigenvalue weighted by molar-refractivity contribution is 5.95. The number of carboxylic acid groups (broad SMARTS) is 1. The summed E-state index contributed by atoms with van der Waals surface area (Å²) < 4.78 is 5.01. The number of hydrogen-bond donors (Lipinski definition) is 2. The van der Waals surface area contributed by atoms with Gasteiger partial charge in [0.05, 0.1) is 5.54 Å². The maximum absolute atomic E-state index is 12.7. The first kappa shape index (κ1) is 22.0. The highest BCUT2D eigenvalue weighted by Gasteiger charge is 2.46. The van der Waals surface area contributed by atoms with Crippen molar-refractivity contribution in [3.05, 3.63) is 35.7 Å². The first-order valence-electron chi connectivity index (χ1n) is 10.3. The van der Waals surface area contributed by atoms with E-state index in [0.29, 0.717) is 22.7 Å². The van der Waals surface area contributed by atoms with Crippen molar-refractivity contribution < 1.29 is 19.2 Å². The molecule has 2 aliphatic rings. The molecule has 0 bridgehead atoms. The lowest BCUT2D eigenvalue weighted by molar-refractivity contribution is -0.122. The Labute approximate surface area is 176 Å². The average molecular weight is 415 g/mol. The van der Waals surface area contributed by atoms with E-state index < -0.39 is 0 Å². The summed E-state index contributed by atoms with van der Waals surface area (Å²) in [6.07, 6.45) is 4.66. The highest BCUT2D eigenvalue weighted by atomic mass is 16.5. The van der Waals surface area contributed by atoms with Gasteiger partial charge >= 0.3 is 0 Å². The van der Waals surface area contributed by atoms with E-state index in [0.717, 1.165) is 38.0 Å². The van der Waals surface area contributed by atoms with E-state index in [1.54, 1.807) is 6.92 Å². The number of carbonyl (C=O) groups is 2. The van der Waals surface area contributed by atoms with Crippen LogP contribution in [0.5, 0.6) is 0 Å². The first-order valence-corrected chi connectivity index (χ1v) is 10.3. The van der Waals surface area contributed by atoms with Crippen LogP contribution >= 0.6 is 0 Å². The largest absolute Gasteiger partial charge is 0.483 e. The Bertz CT molecular complexity index is 872. The molecule has 1 aliphatic heterocycles. The number of aromatic nitrogens is 2. The number of rotatable bonds is 5. The van der Waals surface area contributed by atoms with Gasteiger partial charge in [-0.3, -0.25) is 9.59 Å². The van der Waals surface area contributed by atoms with Crippen molar-refractivity contribution in [3.8, 4) is 11.4 Å². The predicted octanol–water partition coefficient (Wildman–Crippen LogP) is 3.13. The molecule has 30 heavy (non-hydrogen) atoms. The molecule has 0 atom stereocenters. The van der Waals surface area contributed by atoms with Crippen LogP contribution < -0.4 is 5.32 Å². The molecular formula is C22H30N4O4. The second kappa shape index (κ2) is 8.95. The van der Waals surface area contributed by atoms with Crippen molar-refractivity contribution in [2.24, 2.45) is 5.41 Å². The van der Waals surface area contributed by atoms with Crippen LogP contribution in [0.3, 0.4) is 0 Å². The Hall–Kier alpha value is -2.74. The standard InChI is InChI=1S/C21H28N4O2.CH2O2/c1-15-22-18(24-27-15)16-5-7-17(8-6-16)19(26)23-21(10-11-21)14-25-12-4-9-20(2,3)13-25;2-1-3/h5-8H,4,9-14H2,1-3H3,(H,23,26);1H,(H,2,3). The topological polar surface area (TPSA) is 109 Å². The summed E-state index contributed by atoms with van der Waals surface area (Å²) >= 11 is 0. The molecule has 0 unspecified atom stereocenters. The number of hydrogen-bond acceptors (Lipinski definition) is 6. The van der Waals surface area contributed by atoms with Crippen LogP contribution in [0.2, 0.25) is 0 Å². The lowest BCUT2D eigenvalue weighted by atomic mass is 9.84. The zero-order valence-electron chi connectivity index (χ0n) is 17.9. The van der Waals surface area contributed by atoms with Crippen LogP contribution in [-0.4, -0.2) is 57.7 Å². The van der Waals surface area contributed by atoms with Crippen molar-refractivity contribution in [2.45, 2.75) is 52.0 Å². The fourth-order valence-corrected chi connectivity index (χ4v) is 4.08. The van der Waals surface area contributed by atoms with Crippen LogP contribution in [0, 0.1) is 12.3 Å². The molecule has 8 heteroatoms. The van der Waals surface area contributed by atoms with Crippen LogP contribution in [0.4, 0.5) is 0 Å². The van der Waals surface area contributed by atoms with Crippen LogP contribution in [0.25, 0.3) is 11.4 Å². The Morgan fingerprint density at radius 1 is 1.27 bits per heavy atom. The van der Waals surface area contributed by atoms with Gasteiger partial charge in [0.2, 0.25) is 11.7 Å². The van der Waals surface area contributed by atoms with Crippen molar-refractivity contribution in [2.75, 3.05) is 19.6 Å². The molecule has 4 rings (SSSR count). The van der Waals surface area contributed by atoms with Gasteiger partial charge in [-0.05, 0) is 49.8 Å². The van der Waals surface area contributed by atoms with Gasteiger partial charge in [0.25, 0.3) is 12.4 Å². The smallest absolute Gasteiger partial charge is 0.290 e. The van der Waals surface area contributed by atoms with E-state index in [9.17, 15) is 4.79 Å². The van der Waals surface area contributed by atoms with E-state index in [1.807, 2.05) is 24.3 Å². The SMILES string of the molecule is Cc1nc(-c2ccc(C(=O)NC3(CN4CCCC(C)(C)C4)CC3)cc2)no1.O=CO. The van der Waals surface area contributed by atoms with E-state index in [4.69, 9.17) is 14.4 Å². The molecule has 1 amide bonds. The van der Waals surface area contributed by atoms with E-state index >= 15 is 0 Å². The third-order valence-electron chi connectivity index (χ3n) is 5.67. The van der Waals surface area contributed by atoms with E-state index in [2.05, 4.69) is 34.2 Å². The van der Waals surface area contributed by atoms with Crippen LogP contribution in [0.15, 0.2) is 28.8 Å². The molecule has 1 aliphatic carbocycles. The average Bonchev–Trinajstić information content (AvgIpc) is 3.28. The van der Waals surface area contributed by atoms with E-state index in [-0.39, 0.29) is 17.9 Å². The Kier molecular flexibility index (Phi) is 6.55. The number of carbonyl (C=O) groups excluding carboxylic acids is 1. The molecule has 2 aromatic rings. The molecule has 1 aromatic carbocycles. The second-order valence-corrected chi connectivity index (χ2v) is 9.03. The van der Waals surface area contributed by atoms with Gasteiger partial charge in [-0.15, -0.1) is 0 Å². The number of benzene rings is 1. The van der Waals surface area contributed by atoms with E-state index in [1.165, 1.54) is 12.8 Å². The Balaban J connectivity index is 0.000000806. The zero-order valence-corrected chi connectivity index (χ0v) is 17.9. The summed E-state index contributed by atoms with van der Waals surface area (Å²) in [5, 5.41) is 14.1. The maximum atomic E-state index is 12.7. The van der Waals surface area contributed by atoms with Crippen LogP contribution in [-0.2, 0) is 4.79 Å². The summed E-state index contributed by atoms with van der Waals surface area (Å²) in [6, 6.07) is 7.39. The minimum atomic E-state index is -0.250. The third kappa shape index (κ3) is 5.66. The van der Waals surface area contributed by atoms with Gasteiger partial charge in [-0.1, -0.05) is 31.1 Å². The second-order valence-electron chi connectivity index (χ2n) is 9.03. The molecule has 162 valence electrons. The van der Waals surface area contributed by atoms with Crippen molar-refractivity contribution in [1.82, 2.24) is 20.4 Å². The molecule has 0 radical (unpaired) electrons. The lowest BCUT2D eigenvalue weighted by Gasteiger charge is -2.39. The third-order valence-corrected chi connectivity index (χ3v) is 5.67. The highest BCUT2D eigenvalue weighted by Crippen LogP contribution is 2.38. The van der Waals surface area contributed by atoms with Gasteiger partial charge in [0.15, 0.2) is 0 Å². The number of amides is 1. The van der Waals surface area contributed by atoms with Crippen LogP contribution in [0.1, 0.15) is 55.8 Å². The monoisotopic (exact) mass is 414 g/mol. The minimum Gasteiger partial charge on any atom is -0.483 e. The van der Waals surface area contributed by atoms with Gasteiger partial charge in [0.1, 0.15) is 0 Å². The fourth-order valence-electron chi connectivity index (χ4n) is 4.08. The lowest BCUT2D eigenvalue weighted by Crippen LogP contribution is -2.50. The molecular weight excluding hydrogens is 384 g/mol. The molecule has 1 saturated carbocycles. The van der Waals surface area contributed by atoms with Gasteiger partial charge < -0.3 is 19.8 Å². The minimum absolute atomic E-state index is 0.000359.